The average Bonchev–Trinajstić information content (AvgIpc) is 3.15. The maximum atomic E-state index is 13.1. The third-order valence-electron chi connectivity index (χ3n) is 3.17. The van der Waals surface area contributed by atoms with Crippen LogP contribution in [0.1, 0.15) is 30.1 Å². The minimum absolute atomic E-state index is 0.139. The van der Waals surface area contributed by atoms with Crippen LogP contribution in [0.25, 0.3) is 0 Å². The van der Waals surface area contributed by atoms with Gasteiger partial charge in [0.15, 0.2) is 11.6 Å². The van der Waals surface area contributed by atoms with Crippen molar-refractivity contribution in [1.29, 1.82) is 0 Å². The van der Waals surface area contributed by atoms with Gasteiger partial charge < -0.3 is 5.32 Å². The molecule has 1 aliphatic carbocycles. The summed E-state index contributed by atoms with van der Waals surface area (Å²) in [7, 11) is 0. The molecule has 1 aromatic carbocycles. The molecule has 1 amide bonds. The van der Waals surface area contributed by atoms with Crippen molar-refractivity contribution >= 4 is 11.6 Å². The minimum atomic E-state index is -1.35. The third kappa shape index (κ3) is 2.86. The Morgan fingerprint density at radius 2 is 2.00 bits per heavy atom. The van der Waals surface area contributed by atoms with Crippen LogP contribution in [-0.4, -0.2) is 16.9 Å². The lowest BCUT2D eigenvalue weighted by Crippen LogP contribution is -2.34. The zero-order valence-electron chi connectivity index (χ0n) is 10.2. The predicted molar refractivity (Wildman–Crippen MR) is 62.7 cm³/mol. The van der Waals surface area contributed by atoms with Crippen LogP contribution in [0.4, 0.5) is 14.5 Å². The number of hydrogen-bond acceptors (Lipinski definition) is 3. The van der Waals surface area contributed by atoms with Crippen LogP contribution < -0.4 is 5.32 Å². The minimum Gasteiger partial charge on any atom is -0.349 e. The van der Waals surface area contributed by atoms with Crippen LogP contribution in [0.2, 0.25) is 0 Å². The van der Waals surface area contributed by atoms with Crippen molar-refractivity contribution in [1.82, 2.24) is 5.32 Å². The molecule has 1 N–H and O–H groups in total. The van der Waals surface area contributed by atoms with Crippen LogP contribution in [0, 0.1) is 27.7 Å². The molecule has 1 unspecified atom stereocenters. The first-order valence-corrected chi connectivity index (χ1v) is 5.84. The molecule has 0 aromatic heterocycles. The molecular formula is C12H12F2N2O3. The van der Waals surface area contributed by atoms with E-state index in [-0.39, 0.29) is 6.04 Å². The van der Waals surface area contributed by atoms with Crippen LogP contribution >= 0.6 is 0 Å². The molecule has 7 heteroatoms. The smallest absolute Gasteiger partial charge is 0.285 e. The second kappa shape index (κ2) is 4.91. The van der Waals surface area contributed by atoms with E-state index in [1.807, 2.05) is 0 Å². The van der Waals surface area contributed by atoms with Crippen LogP contribution in [0.15, 0.2) is 12.1 Å². The number of amides is 1. The number of nitrogens with zero attached hydrogens (tertiary/aromatic N) is 1. The maximum absolute atomic E-state index is 13.1. The van der Waals surface area contributed by atoms with Gasteiger partial charge in [0, 0.05) is 6.04 Å². The highest BCUT2D eigenvalue weighted by atomic mass is 19.2. The lowest BCUT2D eigenvalue weighted by Gasteiger charge is -2.12. The Balaban J connectivity index is 2.28. The lowest BCUT2D eigenvalue weighted by atomic mass is 10.1. The van der Waals surface area contributed by atoms with E-state index >= 15 is 0 Å². The largest absolute Gasteiger partial charge is 0.349 e. The van der Waals surface area contributed by atoms with Gasteiger partial charge in [-0.3, -0.25) is 14.9 Å². The monoisotopic (exact) mass is 270 g/mol. The number of nitro groups is 1. The van der Waals surface area contributed by atoms with E-state index in [0.717, 1.165) is 12.8 Å². The fraction of sp³-hybridized carbons (Fsp3) is 0.417. The Kier molecular flexibility index (Phi) is 3.46. The summed E-state index contributed by atoms with van der Waals surface area (Å²) >= 11 is 0. The highest BCUT2D eigenvalue weighted by Crippen LogP contribution is 2.32. The molecule has 0 heterocycles. The first-order chi connectivity index (χ1) is 8.90. The fourth-order valence-corrected chi connectivity index (χ4v) is 1.87. The summed E-state index contributed by atoms with van der Waals surface area (Å²) in [6, 6.07) is 0.842. The van der Waals surface area contributed by atoms with E-state index < -0.39 is 33.7 Å². The molecule has 1 aliphatic rings. The van der Waals surface area contributed by atoms with Gasteiger partial charge in [-0.25, -0.2) is 8.78 Å². The lowest BCUT2D eigenvalue weighted by molar-refractivity contribution is -0.385. The van der Waals surface area contributed by atoms with Crippen LogP contribution in [0.3, 0.4) is 0 Å². The number of nitrogens with one attached hydrogen (secondary N) is 1. The van der Waals surface area contributed by atoms with Gasteiger partial charge in [0.1, 0.15) is 5.56 Å². The molecule has 0 spiro atoms. The van der Waals surface area contributed by atoms with E-state index in [9.17, 15) is 23.7 Å². The second-order valence-corrected chi connectivity index (χ2v) is 4.64. The van der Waals surface area contributed by atoms with E-state index in [0.29, 0.717) is 18.1 Å². The molecule has 1 aromatic rings. The molecule has 1 atom stereocenters. The SMILES string of the molecule is CC(NC(=O)c1cc(F)c(F)cc1[N+](=O)[O-])C1CC1. The number of benzene rings is 1. The van der Waals surface area contributed by atoms with Gasteiger partial charge >= 0.3 is 0 Å². The molecule has 102 valence electrons. The summed E-state index contributed by atoms with van der Waals surface area (Å²) in [5.41, 5.74) is -1.20. The van der Waals surface area contributed by atoms with E-state index in [1.54, 1.807) is 6.92 Å². The Labute approximate surface area is 107 Å². The number of carbonyl (C=O) groups excluding carboxylic acids is 1. The first kappa shape index (κ1) is 13.4. The summed E-state index contributed by atoms with van der Waals surface area (Å²) < 4.78 is 26.1. The molecule has 5 nitrogen and oxygen atoms in total. The number of carbonyl (C=O) groups is 1. The number of hydrogen-bond donors (Lipinski definition) is 1. The fourth-order valence-electron chi connectivity index (χ4n) is 1.87. The third-order valence-corrected chi connectivity index (χ3v) is 3.17. The van der Waals surface area contributed by atoms with Crippen molar-refractivity contribution < 1.29 is 18.5 Å². The molecule has 1 fully saturated rings. The predicted octanol–water partition coefficient (Wildman–Crippen LogP) is 2.40. The van der Waals surface area contributed by atoms with Gasteiger partial charge in [0.05, 0.1) is 11.0 Å². The topological polar surface area (TPSA) is 72.2 Å². The van der Waals surface area contributed by atoms with Gasteiger partial charge in [0.2, 0.25) is 0 Å². The first-order valence-electron chi connectivity index (χ1n) is 5.84. The van der Waals surface area contributed by atoms with E-state index in [4.69, 9.17) is 0 Å². The van der Waals surface area contributed by atoms with Gasteiger partial charge in [-0.1, -0.05) is 0 Å². The van der Waals surface area contributed by atoms with Gasteiger partial charge in [-0.2, -0.15) is 0 Å². The van der Waals surface area contributed by atoms with Gasteiger partial charge in [-0.05, 0) is 31.7 Å². The highest BCUT2D eigenvalue weighted by Gasteiger charge is 2.31. The van der Waals surface area contributed by atoms with E-state index in [1.165, 1.54) is 0 Å². The van der Waals surface area contributed by atoms with Crippen LogP contribution in [0.5, 0.6) is 0 Å². The zero-order chi connectivity index (χ0) is 14.2. The summed E-state index contributed by atoms with van der Waals surface area (Å²) in [6.07, 6.45) is 1.97. The molecule has 0 saturated heterocycles. The highest BCUT2D eigenvalue weighted by molar-refractivity contribution is 5.98. The Bertz CT molecular complexity index is 544. The van der Waals surface area contributed by atoms with Gasteiger partial charge in [-0.15, -0.1) is 0 Å². The molecule has 19 heavy (non-hydrogen) atoms. The average molecular weight is 270 g/mol. The van der Waals surface area contributed by atoms with E-state index in [2.05, 4.69) is 5.32 Å². The van der Waals surface area contributed by atoms with Gasteiger partial charge in [0.25, 0.3) is 11.6 Å². The zero-order valence-corrected chi connectivity index (χ0v) is 10.2. The molecule has 1 saturated carbocycles. The van der Waals surface area contributed by atoms with Crippen molar-refractivity contribution in [3.63, 3.8) is 0 Å². The van der Waals surface area contributed by atoms with Crippen molar-refractivity contribution in [2.75, 3.05) is 0 Å². The second-order valence-electron chi connectivity index (χ2n) is 4.64. The molecule has 0 aliphatic heterocycles. The summed E-state index contributed by atoms with van der Waals surface area (Å²) in [5, 5.41) is 13.3. The summed E-state index contributed by atoms with van der Waals surface area (Å²) in [5.74, 6) is -3.04. The van der Waals surface area contributed by atoms with Crippen molar-refractivity contribution in [3.8, 4) is 0 Å². The molecule has 0 radical (unpaired) electrons. The number of halogens is 2. The Morgan fingerprint density at radius 3 is 2.53 bits per heavy atom. The molecule has 0 bridgehead atoms. The molecular weight excluding hydrogens is 258 g/mol. The summed E-state index contributed by atoms with van der Waals surface area (Å²) in [6.45, 7) is 1.78. The Morgan fingerprint density at radius 1 is 1.42 bits per heavy atom. The van der Waals surface area contributed by atoms with Crippen molar-refractivity contribution in [2.45, 2.75) is 25.8 Å². The number of rotatable bonds is 4. The maximum Gasteiger partial charge on any atom is 0.285 e. The quantitative estimate of drug-likeness (QED) is 0.674. The molecule has 2 rings (SSSR count). The summed E-state index contributed by atoms with van der Waals surface area (Å²) in [4.78, 5) is 21.7. The van der Waals surface area contributed by atoms with Crippen molar-refractivity contribution in [3.05, 3.63) is 39.4 Å². The van der Waals surface area contributed by atoms with Crippen molar-refractivity contribution in [2.24, 2.45) is 5.92 Å². The Hall–Kier alpha value is -2.05. The standard InChI is InChI=1S/C12H12F2N2O3/c1-6(7-2-3-7)15-12(17)8-4-9(13)10(14)5-11(8)16(18)19/h4-7H,2-3H2,1H3,(H,15,17). The van der Waals surface area contributed by atoms with Crippen LogP contribution in [-0.2, 0) is 0 Å². The normalized spacial score (nSPS) is 15.9. The number of nitro benzene ring substituents is 1.